The number of ether oxygens (including phenoxy) is 2. The molecule has 0 aromatic heterocycles. The SMILES string of the molecule is COC(=O)C1=C(C)NC(C)=C(C(=O)OC(C)(C)CN(C)CCC(c2ccccc2)c2ccccc2)C1c1cccc([N+](=O)[O-])c1.O=C(O)/C=C/c1ccccc1. The zero-order chi connectivity index (χ0) is 40.8. The molecule has 5 rings (SSSR count). The maximum absolute atomic E-state index is 14.0. The molecule has 1 atom stereocenters. The first kappa shape index (κ1) is 42.4. The summed E-state index contributed by atoms with van der Waals surface area (Å²) in [5.41, 5.74) is 4.14. The van der Waals surface area contributed by atoms with Gasteiger partial charge in [-0.3, -0.25) is 10.1 Å². The first-order valence-electron chi connectivity index (χ1n) is 18.2. The normalized spacial score (nSPS) is 14.2. The number of carbonyl (C=O) groups is 3. The van der Waals surface area contributed by atoms with E-state index in [2.05, 4.69) is 58.7 Å². The van der Waals surface area contributed by atoms with Crippen LogP contribution in [0.2, 0.25) is 0 Å². The van der Waals surface area contributed by atoms with Gasteiger partial charge in [-0.05, 0) is 76.0 Å². The number of carbonyl (C=O) groups excluding carboxylic acids is 2. The van der Waals surface area contributed by atoms with E-state index in [0.717, 1.165) is 24.6 Å². The average molecular weight is 760 g/mol. The van der Waals surface area contributed by atoms with Crippen LogP contribution in [0.4, 0.5) is 5.69 Å². The van der Waals surface area contributed by atoms with E-state index in [1.807, 2.05) is 63.4 Å². The number of nitrogens with one attached hydrogen (secondary N) is 1. The minimum absolute atomic E-state index is 0.149. The fourth-order valence-electron chi connectivity index (χ4n) is 6.84. The van der Waals surface area contributed by atoms with Crippen molar-refractivity contribution in [1.82, 2.24) is 10.2 Å². The van der Waals surface area contributed by atoms with E-state index in [0.29, 0.717) is 23.5 Å². The second-order valence-corrected chi connectivity index (χ2v) is 14.1. The zero-order valence-corrected chi connectivity index (χ0v) is 32.6. The van der Waals surface area contributed by atoms with Crippen molar-refractivity contribution in [2.24, 2.45) is 0 Å². The highest BCUT2D eigenvalue weighted by Crippen LogP contribution is 2.40. The van der Waals surface area contributed by atoms with Crippen LogP contribution in [0, 0.1) is 10.1 Å². The van der Waals surface area contributed by atoms with Crippen LogP contribution in [-0.2, 0) is 23.9 Å². The molecule has 1 heterocycles. The number of nitrogens with zero attached hydrogens (tertiary/aromatic N) is 2. The lowest BCUT2D eigenvalue weighted by Crippen LogP contribution is -2.42. The third-order valence-electron chi connectivity index (χ3n) is 9.24. The van der Waals surface area contributed by atoms with Crippen molar-refractivity contribution in [3.8, 4) is 0 Å². The second kappa shape index (κ2) is 19.8. The van der Waals surface area contributed by atoms with Crippen LogP contribution in [0.25, 0.3) is 6.08 Å². The Morgan fingerprint density at radius 2 is 1.39 bits per heavy atom. The van der Waals surface area contributed by atoms with E-state index < -0.39 is 34.4 Å². The first-order chi connectivity index (χ1) is 26.7. The number of esters is 2. The number of nitro benzene ring substituents is 1. The number of hydrogen-bond acceptors (Lipinski definition) is 9. The molecule has 2 N–H and O–H groups in total. The third-order valence-corrected chi connectivity index (χ3v) is 9.24. The van der Waals surface area contributed by atoms with Gasteiger partial charge in [-0.15, -0.1) is 0 Å². The Bertz CT molecular complexity index is 2040. The molecule has 1 unspecified atom stereocenters. The van der Waals surface area contributed by atoms with Gasteiger partial charge in [-0.25, -0.2) is 14.4 Å². The van der Waals surface area contributed by atoms with Gasteiger partial charge in [0.15, 0.2) is 0 Å². The molecule has 56 heavy (non-hydrogen) atoms. The van der Waals surface area contributed by atoms with Crippen molar-refractivity contribution in [3.05, 3.63) is 176 Å². The zero-order valence-electron chi connectivity index (χ0n) is 32.6. The first-order valence-corrected chi connectivity index (χ1v) is 18.2. The molecule has 1 aliphatic heterocycles. The average Bonchev–Trinajstić information content (AvgIpc) is 3.17. The fourth-order valence-corrected chi connectivity index (χ4v) is 6.84. The fraction of sp³-hybridized carbons (Fsp3) is 0.267. The molecule has 0 spiro atoms. The van der Waals surface area contributed by atoms with Crippen LogP contribution in [-0.4, -0.2) is 65.7 Å². The molecule has 11 heteroatoms. The van der Waals surface area contributed by atoms with Gasteiger partial charge in [0.05, 0.1) is 29.1 Å². The molecule has 0 radical (unpaired) electrons. The smallest absolute Gasteiger partial charge is 0.337 e. The van der Waals surface area contributed by atoms with Crippen LogP contribution >= 0.6 is 0 Å². The van der Waals surface area contributed by atoms with Gasteiger partial charge in [0.25, 0.3) is 5.69 Å². The summed E-state index contributed by atoms with van der Waals surface area (Å²) in [5.74, 6) is -2.88. The lowest BCUT2D eigenvalue weighted by Gasteiger charge is -2.34. The van der Waals surface area contributed by atoms with Gasteiger partial charge in [-0.2, -0.15) is 0 Å². The predicted octanol–water partition coefficient (Wildman–Crippen LogP) is 8.26. The van der Waals surface area contributed by atoms with Crippen LogP contribution in [0.15, 0.2) is 144 Å². The van der Waals surface area contributed by atoms with Crippen molar-refractivity contribution in [2.45, 2.75) is 51.6 Å². The van der Waals surface area contributed by atoms with Gasteiger partial charge in [-0.1, -0.05) is 103 Å². The second-order valence-electron chi connectivity index (χ2n) is 14.1. The van der Waals surface area contributed by atoms with Crippen LogP contribution in [0.3, 0.4) is 0 Å². The summed E-state index contributed by atoms with van der Waals surface area (Å²) in [6, 6.07) is 36.1. The number of non-ortho nitro benzene ring substituents is 1. The summed E-state index contributed by atoms with van der Waals surface area (Å²) in [4.78, 5) is 50.2. The number of nitro groups is 1. The van der Waals surface area contributed by atoms with Crippen molar-refractivity contribution in [1.29, 1.82) is 0 Å². The molecular weight excluding hydrogens is 711 g/mol. The van der Waals surface area contributed by atoms with Gasteiger partial charge in [0.2, 0.25) is 0 Å². The monoisotopic (exact) mass is 759 g/mol. The molecule has 4 aromatic carbocycles. The Hall–Kier alpha value is -6.33. The topological polar surface area (TPSA) is 148 Å². The molecule has 0 saturated heterocycles. The minimum Gasteiger partial charge on any atom is -0.478 e. The molecular formula is C45H49N3O8. The van der Waals surface area contributed by atoms with E-state index in [4.69, 9.17) is 14.6 Å². The Kier molecular flexibility index (Phi) is 15.0. The molecule has 0 bridgehead atoms. The van der Waals surface area contributed by atoms with Gasteiger partial charge >= 0.3 is 17.9 Å². The largest absolute Gasteiger partial charge is 0.478 e. The molecule has 292 valence electrons. The van der Waals surface area contributed by atoms with E-state index in [-0.39, 0.29) is 22.8 Å². The Morgan fingerprint density at radius 3 is 1.91 bits per heavy atom. The van der Waals surface area contributed by atoms with Crippen molar-refractivity contribution >= 4 is 29.7 Å². The van der Waals surface area contributed by atoms with Crippen molar-refractivity contribution in [2.75, 3.05) is 27.2 Å². The number of rotatable bonds is 14. The summed E-state index contributed by atoms with van der Waals surface area (Å²) in [6.07, 6.45) is 3.54. The molecule has 0 fully saturated rings. The summed E-state index contributed by atoms with van der Waals surface area (Å²) >= 11 is 0. The number of carboxylic acid groups (broad SMARTS) is 1. The summed E-state index contributed by atoms with van der Waals surface area (Å²) < 4.78 is 11.2. The van der Waals surface area contributed by atoms with Crippen LogP contribution in [0.1, 0.15) is 68.2 Å². The lowest BCUT2D eigenvalue weighted by atomic mass is 9.80. The predicted molar refractivity (Wildman–Crippen MR) is 217 cm³/mol. The molecule has 0 amide bonds. The molecule has 11 nitrogen and oxygen atoms in total. The summed E-state index contributed by atoms with van der Waals surface area (Å²) in [5, 5.41) is 23.0. The van der Waals surface area contributed by atoms with Gasteiger partial charge in [0.1, 0.15) is 5.60 Å². The van der Waals surface area contributed by atoms with Crippen LogP contribution < -0.4 is 5.32 Å². The highest BCUT2D eigenvalue weighted by molar-refractivity contribution is 6.00. The maximum Gasteiger partial charge on any atom is 0.337 e. The summed E-state index contributed by atoms with van der Waals surface area (Å²) in [6.45, 7) is 8.34. The minimum atomic E-state index is -0.922. The standard InChI is InChI=1S/C36H41N3O6.C9H8O2/c1-24-31(34(40)44-6)33(28-18-13-19-29(22-28)39(42)43)32(25(2)37-24)35(41)45-36(3,4)23-38(5)21-20-30(26-14-9-7-10-15-26)27-16-11-8-12-17-27;10-9(11)7-6-8-4-2-1-3-5-8/h7-19,22,30,33,37H,20-21,23H2,1-6H3;1-7H,(H,10,11)/b;7-6+. The van der Waals surface area contributed by atoms with E-state index in [1.165, 1.54) is 36.4 Å². The molecule has 4 aromatic rings. The number of methoxy groups -OCH3 is 1. The number of allylic oxidation sites excluding steroid dienone is 2. The quantitative estimate of drug-likeness (QED) is 0.0557. The molecule has 1 aliphatic rings. The Morgan fingerprint density at radius 1 is 0.857 bits per heavy atom. The highest BCUT2D eigenvalue weighted by atomic mass is 16.6. The van der Waals surface area contributed by atoms with E-state index in [9.17, 15) is 24.5 Å². The Labute approximate surface area is 328 Å². The highest BCUT2D eigenvalue weighted by Gasteiger charge is 2.40. The number of aliphatic carboxylic acids is 1. The van der Waals surface area contributed by atoms with Crippen molar-refractivity contribution < 1.29 is 33.9 Å². The number of likely N-dealkylation sites (N-methyl/N-ethyl adjacent to an activating group) is 1. The number of hydrogen-bond donors (Lipinski definition) is 2. The third kappa shape index (κ3) is 11.8. The maximum atomic E-state index is 14.0. The molecule has 0 saturated carbocycles. The number of carboxylic acids is 1. The number of benzene rings is 4. The van der Waals surface area contributed by atoms with Crippen molar-refractivity contribution in [3.63, 3.8) is 0 Å². The van der Waals surface area contributed by atoms with Gasteiger partial charge in [0, 0.05) is 42.1 Å². The summed E-state index contributed by atoms with van der Waals surface area (Å²) in [7, 11) is 3.26. The number of dihydropyridines is 1. The lowest BCUT2D eigenvalue weighted by molar-refractivity contribution is -0.384. The van der Waals surface area contributed by atoms with Gasteiger partial charge < -0.3 is 24.8 Å². The van der Waals surface area contributed by atoms with E-state index in [1.54, 1.807) is 26.0 Å². The van der Waals surface area contributed by atoms with Crippen LogP contribution in [0.5, 0.6) is 0 Å². The Balaban J connectivity index is 0.000000544. The molecule has 0 aliphatic carbocycles. The van der Waals surface area contributed by atoms with E-state index >= 15 is 0 Å².